The van der Waals surface area contributed by atoms with Crippen LogP contribution in [0, 0.1) is 34.6 Å². The number of rotatable bonds is 30. The van der Waals surface area contributed by atoms with E-state index in [1.165, 1.54) is 159 Å². The molecule has 0 saturated heterocycles. The van der Waals surface area contributed by atoms with Crippen molar-refractivity contribution in [2.75, 3.05) is 95.0 Å². The summed E-state index contributed by atoms with van der Waals surface area (Å²) in [4.78, 5) is 10.9. The molecule has 15 rings (SSSR count). The smallest absolute Gasteiger partial charge is 0.131 e. The monoisotopic (exact) mass is 1970 g/mol. The summed E-state index contributed by atoms with van der Waals surface area (Å²) in [7, 11) is 23.7. The van der Waals surface area contributed by atoms with Crippen molar-refractivity contribution < 1.29 is 23.7 Å². The maximum atomic E-state index is 6.61. The lowest BCUT2D eigenvalue weighted by Crippen LogP contribution is -2.24. The number of aryl methyl sites for hydroxylation is 5. The molecule has 10 nitrogen and oxygen atoms in total. The quantitative estimate of drug-likeness (QED) is 0.0407. The Bertz CT molecular complexity index is 6430. The molecule has 0 radical (unpaired) electrons. The Kier molecular flexibility index (Phi) is 40.4. The first-order chi connectivity index (χ1) is 67.1. The van der Waals surface area contributed by atoms with E-state index in [1.807, 2.05) is 42.5 Å². The van der Waals surface area contributed by atoms with Crippen LogP contribution in [0.5, 0.6) is 28.7 Å². The molecule has 141 heavy (non-hydrogen) atoms. The van der Waals surface area contributed by atoms with Crippen molar-refractivity contribution in [2.24, 2.45) is 0 Å². The van der Waals surface area contributed by atoms with Gasteiger partial charge in [0.25, 0.3) is 0 Å². The Hall–Kier alpha value is -11.6. The SMILES string of the molecule is CN(C)c1ccccc1Pc1cc(C(C)(C)C)cc(C(C)(C)C)c1OCc1ccccc1.Cc1cc(C(C)(C)C)cc(Pc2ccccc2N(C)C)c1OCc1ccccc1.Cc1cc(C)c(OCc2ccccc2)c(Pc2ccccc2N(C)C)c1.Cc1cc(Pc2ccccc2N(C)C)c(OCc2ccccc2)c(C(C)(C)C)c1.Cc1ccc(OCc2ccccc2)c(Pc2ccccc2N(C)C)c1. The number of hydrogen-bond donors (Lipinski definition) is 0. The van der Waals surface area contributed by atoms with Gasteiger partial charge in [0, 0.05) is 163 Å². The lowest BCUT2D eigenvalue weighted by Gasteiger charge is -2.30. The van der Waals surface area contributed by atoms with E-state index >= 15 is 0 Å². The van der Waals surface area contributed by atoms with Gasteiger partial charge in [0.05, 0.1) is 0 Å². The van der Waals surface area contributed by atoms with E-state index in [1.54, 1.807) is 0 Å². The molecule has 0 heterocycles. The number of benzene rings is 15. The summed E-state index contributed by atoms with van der Waals surface area (Å²) >= 11 is 0. The van der Waals surface area contributed by atoms with Gasteiger partial charge in [0.2, 0.25) is 0 Å². The molecule has 0 bridgehead atoms. The van der Waals surface area contributed by atoms with Gasteiger partial charge in [-0.3, -0.25) is 0 Å². The van der Waals surface area contributed by atoms with Crippen LogP contribution in [0.2, 0.25) is 0 Å². The predicted octanol–water partition coefficient (Wildman–Crippen LogP) is 26.5. The first kappa shape index (κ1) is 110. The Morgan fingerprint density at radius 3 is 0.738 bits per heavy atom. The third-order valence-electron chi connectivity index (χ3n) is 23.9. The lowest BCUT2D eigenvalue weighted by atomic mass is 9.80. The van der Waals surface area contributed by atoms with Crippen molar-refractivity contribution in [2.45, 2.75) is 172 Å². The fourth-order valence-corrected chi connectivity index (χ4v) is 23.8. The first-order valence-electron chi connectivity index (χ1n) is 48.9. The van der Waals surface area contributed by atoms with Crippen LogP contribution in [0.25, 0.3) is 0 Å². The zero-order valence-electron chi connectivity index (χ0n) is 88.6. The van der Waals surface area contributed by atoms with E-state index in [4.69, 9.17) is 23.7 Å². The number of anilines is 5. The fourth-order valence-electron chi connectivity index (χ4n) is 16.3. The van der Waals surface area contributed by atoms with Gasteiger partial charge in [-0.1, -0.05) is 405 Å². The minimum atomic E-state index is -0.0203. The molecule has 0 spiro atoms. The summed E-state index contributed by atoms with van der Waals surface area (Å²) in [5.41, 5.74) is 23.9. The second-order valence-electron chi connectivity index (χ2n) is 41.3. The molecule has 0 N–H and O–H groups in total. The van der Waals surface area contributed by atoms with Crippen molar-refractivity contribution in [1.29, 1.82) is 0 Å². The molecule has 0 aliphatic carbocycles. The van der Waals surface area contributed by atoms with Gasteiger partial charge in [0.15, 0.2) is 0 Å². The first-order valence-corrected chi connectivity index (χ1v) is 53.9. The average Bonchev–Trinajstić information content (AvgIpc) is 0.778. The third-order valence-corrected chi connectivity index (χ3v) is 30.6. The van der Waals surface area contributed by atoms with Gasteiger partial charge >= 0.3 is 0 Å². The molecular weight excluding hydrogens is 1820 g/mol. The van der Waals surface area contributed by atoms with Crippen LogP contribution in [0.4, 0.5) is 28.4 Å². The van der Waals surface area contributed by atoms with Gasteiger partial charge in [-0.05, 0) is 184 Å². The predicted molar refractivity (Wildman–Crippen MR) is 626 cm³/mol. The Balaban J connectivity index is 0.000000169. The van der Waals surface area contributed by atoms with Crippen LogP contribution in [0.3, 0.4) is 0 Å². The van der Waals surface area contributed by atoms with Crippen LogP contribution in [0.1, 0.15) is 161 Å². The van der Waals surface area contributed by atoms with Gasteiger partial charge in [-0.2, -0.15) is 0 Å². The second kappa shape index (κ2) is 51.9. The minimum absolute atomic E-state index is 0.0122. The summed E-state index contributed by atoms with van der Waals surface area (Å²) in [5.74, 6) is 5.10. The highest BCUT2D eigenvalue weighted by molar-refractivity contribution is 7.57. The van der Waals surface area contributed by atoms with E-state index in [9.17, 15) is 0 Å². The Morgan fingerprint density at radius 2 is 0.433 bits per heavy atom. The maximum Gasteiger partial charge on any atom is 0.131 e. The summed E-state index contributed by atoms with van der Waals surface area (Å²) in [6, 6.07) is 120. The average molecular weight is 1970 g/mol. The van der Waals surface area contributed by atoms with Crippen LogP contribution >= 0.6 is 42.9 Å². The Labute approximate surface area is 855 Å². The largest absolute Gasteiger partial charge is 0.488 e. The zero-order chi connectivity index (χ0) is 102. The molecule has 0 aliphatic rings. The number of para-hydroxylation sites is 5. The van der Waals surface area contributed by atoms with E-state index < -0.39 is 0 Å². The summed E-state index contributed by atoms with van der Waals surface area (Å²) in [6.45, 7) is 41.0. The fraction of sp³-hybridized carbons (Fsp3) is 0.286. The van der Waals surface area contributed by atoms with Crippen molar-refractivity contribution >= 4 is 124 Å². The number of hydrogen-bond acceptors (Lipinski definition) is 10. The molecule has 15 aromatic rings. The van der Waals surface area contributed by atoms with Crippen LogP contribution in [-0.2, 0) is 54.7 Å². The molecule has 15 aromatic carbocycles. The van der Waals surface area contributed by atoms with Crippen molar-refractivity contribution in [3.05, 3.63) is 418 Å². The van der Waals surface area contributed by atoms with E-state index in [0.29, 0.717) is 75.9 Å². The molecule has 0 saturated carbocycles. The summed E-state index contributed by atoms with van der Waals surface area (Å²) in [5, 5.41) is 13.1. The molecule has 736 valence electrons. The molecule has 15 heteroatoms. The summed E-state index contributed by atoms with van der Waals surface area (Å²) in [6.07, 6.45) is 0. The zero-order valence-corrected chi connectivity index (χ0v) is 93.6. The van der Waals surface area contributed by atoms with Gasteiger partial charge in [0.1, 0.15) is 61.8 Å². The standard InChI is InChI=1S/C29H38NOP.2C26H32NOP.C23H26NOP.C22H24NOP/c1-28(2,3)22-18-23(29(4,5)6)27(31-20-21-14-10-9-11-15-21)26(19-22)32-25-17-13-12-16-24(25)30(7)8;1-19-16-21(26(2,3)4)17-24(25(19)28-18-20-12-8-7-9-13-20)29-23-15-11-10-14-22(23)27(5)6;1-19-16-21(26(2,3)4)25(28-18-20-12-8-7-9-13-20)24(17-19)29-23-15-11-10-14-22(23)27(5)6;1-17-14-18(2)23(25-16-19-10-6-5-7-11-19)22(15-17)26-21-13-9-8-12-20(21)24(3)4;1-17-13-14-20(24-16-18-9-5-4-6-10-18)22(15-17)25-21-12-8-7-11-19(21)23(2)3/h9-19,32H,20H2,1-8H3;2*7-17,29H,18H2,1-6H3;5-15,26H,16H2,1-4H3;4-15,25H,16H2,1-3H3. The Morgan fingerprint density at radius 1 is 0.199 bits per heavy atom. The molecule has 0 fully saturated rings. The lowest BCUT2D eigenvalue weighted by molar-refractivity contribution is 0.300. The molecule has 5 unspecified atom stereocenters. The van der Waals surface area contributed by atoms with Crippen molar-refractivity contribution in [3.8, 4) is 28.7 Å². The molecule has 5 atom stereocenters. The highest BCUT2D eigenvalue weighted by atomic mass is 31.1. The van der Waals surface area contributed by atoms with Crippen LogP contribution in [0.15, 0.2) is 340 Å². The van der Waals surface area contributed by atoms with Crippen molar-refractivity contribution in [1.82, 2.24) is 0 Å². The highest BCUT2D eigenvalue weighted by Gasteiger charge is 2.29. The number of ether oxygens (including phenoxy) is 5. The molecular formula is C126H152N5O5P5. The van der Waals surface area contributed by atoms with E-state index in [2.05, 4.69) is 510 Å². The van der Waals surface area contributed by atoms with Gasteiger partial charge in [-0.25, -0.2) is 0 Å². The highest BCUT2D eigenvalue weighted by Crippen LogP contribution is 2.41. The molecule has 0 aromatic heterocycles. The van der Waals surface area contributed by atoms with Crippen molar-refractivity contribution in [3.63, 3.8) is 0 Å². The maximum absolute atomic E-state index is 6.61. The normalized spacial score (nSPS) is 11.7. The molecule has 0 amide bonds. The topological polar surface area (TPSA) is 62.4 Å². The van der Waals surface area contributed by atoms with Gasteiger partial charge < -0.3 is 48.2 Å². The minimum Gasteiger partial charge on any atom is -0.488 e. The second-order valence-corrected chi connectivity index (χ2v) is 47.9. The van der Waals surface area contributed by atoms with Gasteiger partial charge in [-0.15, -0.1) is 0 Å². The number of nitrogens with zero attached hydrogens (tertiary/aromatic N) is 5. The third kappa shape index (κ3) is 33.0. The van der Waals surface area contributed by atoms with Crippen LogP contribution < -0.4 is 101 Å². The van der Waals surface area contributed by atoms with Crippen LogP contribution in [-0.4, -0.2) is 70.5 Å². The van der Waals surface area contributed by atoms with E-state index in [0.717, 1.165) is 28.7 Å². The summed E-state index contributed by atoms with van der Waals surface area (Å²) < 4.78 is 31.9. The van der Waals surface area contributed by atoms with E-state index in [-0.39, 0.29) is 21.7 Å². The molecule has 0 aliphatic heterocycles.